The van der Waals surface area contributed by atoms with E-state index in [-0.39, 0.29) is 0 Å². The molecule has 16 heavy (non-hydrogen) atoms. The predicted molar refractivity (Wildman–Crippen MR) is 61.4 cm³/mol. The van der Waals surface area contributed by atoms with E-state index in [9.17, 15) is 13.2 Å². The third-order valence-electron chi connectivity index (χ3n) is 2.24. The Hall–Kier alpha value is -1.24. The van der Waals surface area contributed by atoms with Crippen LogP contribution < -0.4 is 5.73 Å². The highest BCUT2D eigenvalue weighted by molar-refractivity contribution is 7.88. The van der Waals surface area contributed by atoms with Crippen LogP contribution in [-0.2, 0) is 10.0 Å². The molecule has 1 unspecified atom stereocenters. The number of carbonyl (C=O) groups excluding carboxylic acids is 1. The van der Waals surface area contributed by atoms with Crippen LogP contribution in [0.5, 0.6) is 0 Å². The first kappa shape index (κ1) is 12.8. The third-order valence-corrected chi connectivity index (χ3v) is 3.52. The van der Waals surface area contributed by atoms with Crippen molar-refractivity contribution in [3.63, 3.8) is 0 Å². The quantitative estimate of drug-likeness (QED) is 0.597. The first-order chi connectivity index (χ1) is 7.34. The number of rotatable bonds is 4. The maximum Gasteiger partial charge on any atom is 0.212 e. The van der Waals surface area contributed by atoms with Gasteiger partial charge in [0.25, 0.3) is 0 Å². The summed E-state index contributed by atoms with van der Waals surface area (Å²) in [6.45, 7) is 0. The Bertz CT molecular complexity index is 470. The molecule has 0 aromatic heterocycles. The van der Waals surface area contributed by atoms with E-state index in [4.69, 9.17) is 5.73 Å². The van der Waals surface area contributed by atoms with Crippen LogP contribution in [0, 0.1) is 0 Å². The molecular weight excluding hydrogens is 228 g/mol. The van der Waals surface area contributed by atoms with Gasteiger partial charge in [0.2, 0.25) is 10.0 Å². The number of sulfonamides is 1. The van der Waals surface area contributed by atoms with Crippen LogP contribution in [0.4, 0.5) is 0 Å². The van der Waals surface area contributed by atoms with E-state index in [0.29, 0.717) is 5.56 Å². The number of ketones is 1. The van der Waals surface area contributed by atoms with Gasteiger partial charge in [-0.1, -0.05) is 30.3 Å². The van der Waals surface area contributed by atoms with Crippen LogP contribution in [0.25, 0.3) is 0 Å². The summed E-state index contributed by atoms with van der Waals surface area (Å²) in [4.78, 5) is 11.8. The molecule has 6 heteroatoms. The van der Waals surface area contributed by atoms with Crippen molar-refractivity contribution in [2.24, 2.45) is 5.73 Å². The zero-order chi connectivity index (χ0) is 12.3. The summed E-state index contributed by atoms with van der Waals surface area (Å²) >= 11 is 0. The second-order valence-electron chi connectivity index (χ2n) is 3.45. The van der Waals surface area contributed by atoms with E-state index < -0.39 is 22.0 Å². The number of Topliss-reactive ketones (excluding diaryl/α,β-unsaturated/α-hetero) is 1. The number of hydrogen-bond acceptors (Lipinski definition) is 4. The number of likely N-dealkylation sites (N-methyl/N-ethyl adjacent to an activating group) is 1. The van der Waals surface area contributed by atoms with Crippen molar-refractivity contribution in [2.45, 2.75) is 6.17 Å². The van der Waals surface area contributed by atoms with E-state index in [0.717, 1.165) is 10.6 Å². The molecule has 1 aromatic carbocycles. The summed E-state index contributed by atoms with van der Waals surface area (Å²) in [7, 11) is -2.19. The number of nitrogens with two attached hydrogens (primary N) is 1. The molecule has 1 aromatic rings. The number of carbonyl (C=O) groups is 1. The van der Waals surface area contributed by atoms with Gasteiger partial charge in [0.1, 0.15) is 6.17 Å². The molecular formula is C10H14N2O3S. The van der Waals surface area contributed by atoms with E-state index in [1.165, 1.54) is 7.05 Å². The summed E-state index contributed by atoms with van der Waals surface area (Å²) < 4.78 is 23.3. The number of benzene rings is 1. The van der Waals surface area contributed by atoms with Crippen LogP contribution in [0.1, 0.15) is 10.4 Å². The summed E-state index contributed by atoms with van der Waals surface area (Å²) in [5.74, 6) is -0.423. The van der Waals surface area contributed by atoms with Gasteiger partial charge in [0.15, 0.2) is 5.78 Å². The molecule has 0 saturated carbocycles. The lowest BCUT2D eigenvalue weighted by atomic mass is 10.1. The lowest BCUT2D eigenvalue weighted by Gasteiger charge is -2.20. The van der Waals surface area contributed by atoms with E-state index in [2.05, 4.69) is 0 Å². The van der Waals surface area contributed by atoms with Gasteiger partial charge in [-0.05, 0) is 0 Å². The minimum Gasteiger partial charge on any atom is -0.308 e. The molecule has 0 radical (unpaired) electrons. The average molecular weight is 242 g/mol. The highest BCUT2D eigenvalue weighted by Gasteiger charge is 2.25. The highest BCUT2D eigenvalue weighted by Crippen LogP contribution is 2.06. The standard InChI is InChI=1S/C10H14N2O3S/c1-12(16(2,14)15)10(11)9(13)8-6-4-3-5-7-8/h3-7,10H,11H2,1-2H3. The Balaban J connectivity index is 2.92. The zero-order valence-corrected chi connectivity index (χ0v) is 9.94. The molecule has 0 bridgehead atoms. The fourth-order valence-corrected chi connectivity index (χ4v) is 1.65. The largest absolute Gasteiger partial charge is 0.308 e. The normalized spacial score (nSPS) is 13.8. The fourth-order valence-electron chi connectivity index (χ4n) is 1.14. The Kier molecular flexibility index (Phi) is 3.79. The molecule has 0 saturated heterocycles. The molecule has 0 spiro atoms. The van der Waals surface area contributed by atoms with Crippen molar-refractivity contribution in [1.82, 2.24) is 4.31 Å². The summed E-state index contributed by atoms with van der Waals surface area (Å²) in [5, 5.41) is 0. The molecule has 2 N–H and O–H groups in total. The molecule has 0 aliphatic heterocycles. The lowest BCUT2D eigenvalue weighted by molar-refractivity contribution is 0.0911. The molecule has 0 amide bonds. The topological polar surface area (TPSA) is 80.5 Å². The van der Waals surface area contributed by atoms with Gasteiger partial charge in [-0.2, -0.15) is 4.31 Å². The Morgan fingerprint density at radius 3 is 2.25 bits per heavy atom. The first-order valence-corrected chi connectivity index (χ1v) is 6.46. The molecule has 1 atom stereocenters. The van der Waals surface area contributed by atoms with Crippen molar-refractivity contribution in [2.75, 3.05) is 13.3 Å². The summed E-state index contributed by atoms with van der Waals surface area (Å²) in [6.07, 6.45) is -0.178. The fraction of sp³-hybridized carbons (Fsp3) is 0.300. The van der Waals surface area contributed by atoms with Crippen LogP contribution >= 0.6 is 0 Å². The SMILES string of the molecule is CN(C(N)C(=O)c1ccccc1)S(C)(=O)=O. The molecule has 0 aliphatic rings. The molecule has 88 valence electrons. The molecule has 0 fully saturated rings. The second kappa shape index (κ2) is 4.73. The maximum atomic E-state index is 11.8. The van der Waals surface area contributed by atoms with Crippen molar-refractivity contribution < 1.29 is 13.2 Å². The van der Waals surface area contributed by atoms with Crippen LogP contribution in [0.2, 0.25) is 0 Å². The van der Waals surface area contributed by atoms with Gasteiger partial charge < -0.3 is 5.73 Å². The van der Waals surface area contributed by atoms with Gasteiger partial charge in [-0.15, -0.1) is 0 Å². The van der Waals surface area contributed by atoms with E-state index in [1.54, 1.807) is 30.3 Å². The smallest absolute Gasteiger partial charge is 0.212 e. The van der Waals surface area contributed by atoms with Gasteiger partial charge in [-0.3, -0.25) is 4.79 Å². The van der Waals surface area contributed by atoms with Crippen LogP contribution in [0.15, 0.2) is 30.3 Å². The predicted octanol–water partition coefficient (Wildman–Crippen LogP) is 0.0455. The minimum atomic E-state index is -3.47. The molecule has 0 heterocycles. The van der Waals surface area contributed by atoms with Crippen LogP contribution in [-0.4, -0.2) is 38.0 Å². The summed E-state index contributed by atoms with van der Waals surface area (Å²) in [5.41, 5.74) is 5.97. The Labute approximate surface area is 94.9 Å². The van der Waals surface area contributed by atoms with Crippen LogP contribution in [0.3, 0.4) is 0 Å². The van der Waals surface area contributed by atoms with Crippen molar-refractivity contribution in [3.05, 3.63) is 35.9 Å². The maximum absolute atomic E-state index is 11.8. The van der Waals surface area contributed by atoms with Gasteiger partial charge in [0.05, 0.1) is 6.26 Å². The highest BCUT2D eigenvalue weighted by atomic mass is 32.2. The molecule has 0 aliphatic carbocycles. The van der Waals surface area contributed by atoms with E-state index in [1.807, 2.05) is 0 Å². The van der Waals surface area contributed by atoms with Crippen molar-refractivity contribution >= 4 is 15.8 Å². The van der Waals surface area contributed by atoms with Gasteiger partial charge in [-0.25, -0.2) is 8.42 Å². The van der Waals surface area contributed by atoms with Gasteiger partial charge >= 0.3 is 0 Å². The zero-order valence-electron chi connectivity index (χ0n) is 9.12. The Morgan fingerprint density at radius 1 is 1.31 bits per heavy atom. The van der Waals surface area contributed by atoms with Gasteiger partial charge in [0, 0.05) is 12.6 Å². The Morgan fingerprint density at radius 2 is 1.81 bits per heavy atom. The van der Waals surface area contributed by atoms with Crippen molar-refractivity contribution in [1.29, 1.82) is 0 Å². The van der Waals surface area contributed by atoms with E-state index >= 15 is 0 Å². The second-order valence-corrected chi connectivity index (χ2v) is 5.50. The third kappa shape index (κ3) is 2.88. The first-order valence-electron chi connectivity index (χ1n) is 4.62. The average Bonchev–Trinajstić information content (AvgIpc) is 2.26. The summed E-state index contributed by atoms with van der Waals surface area (Å²) in [6, 6.07) is 8.35. The minimum absolute atomic E-state index is 0.394. The number of hydrogen-bond donors (Lipinski definition) is 1. The molecule has 1 rings (SSSR count). The van der Waals surface area contributed by atoms with Crippen molar-refractivity contribution in [3.8, 4) is 0 Å². The lowest BCUT2D eigenvalue weighted by Crippen LogP contribution is -2.48. The molecule has 5 nitrogen and oxygen atoms in total. The number of nitrogens with zero attached hydrogens (tertiary/aromatic N) is 1. The monoisotopic (exact) mass is 242 g/mol.